The van der Waals surface area contributed by atoms with Crippen molar-refractivity contribution in [1.29, 1.82) is 0 Å². The Kier molecular flexibility index (Phi) is 4.08. The van der Waals surface area contributed by atoms with E-state index in [4.69, 9.17) is 4.84 Å². The quantitative estimate of drug-likeness (QED) is 0.755. The molecular weight excluding hydrogens is 384 g/mol. The van der Waals surface area contributed by atoms with Gasteiger partial charge >= 0.3 is 5.97 Å². The topological polar surface area (TPSA) is 113 Å². The largest absolute Gasteiger partial charge is 0.480 e. The van der Waals surface area contributed by atoms with E-state index in [9.17, 15) is 23.1 Å². The summed E-state index contributed by atoms with van der Waals surface area (Å²) in [5, 5.41) is 12.5. The molecule has 4 atom stereocenters. The fraction of sp³-hybridized carbons (Fsp3) is 0.526. The van der Waals surface area contributed by atoms with Crippen LogP contribution in [0.25, 0.3) is 0 Å². The minimum absolute atomic E-state index is 0.195. The molecule has 0 aromatic heterocycles. The van der Waals surface area contributed by atoms with E-state index in [1.165, 1.54) is 13.8 Å². The first-order valence-corrected chi connectivity index (χ1v) is 10.7. The van der Waals surface area contributed by atoms with Crippen LogP contribution in [0, 0.1) is 12.8 Å². The highest BCUT2D eigenvalue weighted by Crippen LogP contribution is 2.50. The SMILES string of the molecule is Cc1ccc(C2=NO[C@H](C[C@@H]3C(=O)N4[C@@H](C(=O)O)C(C)(C)S(=O)(=O)[C@@H]34)C2)cc1. The minimum Gasteiger partial charge on any atom is -0.480 e. The molecule has 28 heavy (non-hydrogen) atoms. The van der Waals surface area contributed by atoms with E-state index in [0.717, 1.165) is 21.7 Å². The lowest BCUT2D eigenvalue weighted by molar-refractivity contribution is -0.165. The van der Waals surface area contributed by atoms with E-state index in [2.05, 4.69) is 5.16 Å². The Labute approximate surface area is 163 Å². The molecule has 8 nitrogen and oxygen atoms in total. The van der Waals surface area contributed by atoms with Gasteiger partial charge in [-0.05, 0) is 26.3 Å². The normalized spacial score (nSPS) is 32.3. The molecule has 1 N–H and O–H groups in total. The number of β-lactam (4-membered cyclic amide) rings is 1. The van der Waals surface area contributed by atoms with E-state index < -0.39 is 49.9 Å². The number of hydrogen-bond acceptors (Lipinski definition) is 6. The summed E-state index contributed by atoms with van der Waals surface area (Å²) in [6.07, 6.45) is 0.265. The molecule has 0 bridgehead atoms. The monoisotopic (exact) mass is 406 g/mol. The molecule has 0 radical (unpaired) electrons. The summed E-state index contributed by atoms with van der Waals surface area (Å²) in [6, 6.07) is 6.46. The van der Waals surface area contributed by atoms with Gasteiger partial charge in [0.1, 0.15) is 17.5 Å². The standard InChI is InChI=1S/C19H22N2O6S/c1-10-4-6-11(7-5-10)14-9-12(27-20-14)8-13-16(22)21-15(18(23)24)19(2,3)28(25,26)17(13)21/h4-7,12-13,15,17H,8-9H2,1-3H3,(H,23,24)/t12-,13-,15+,17+/m1/s1. The average molecular weight is 406 g/mol. The molecule has 0 unspecified atom stereocenters. The van der Waals surface area contributed by atoms with Gasteiger partial charge in [0.15, 0.2) is 9.84 Å². The summed E-state index contributed by atoms with van der Waals surface area (Å²) in [5.74, 6) is -2.55. The first-order chi connectivity index (χ1) is 13.1. The number of rotatable bonds is 4. The third kappa shape index (κ3) is 2.48. The first kappa shape index (κ1) is 18.9. The van der Waals surface area contributed by atoms with Crippen LogP contribution in [0.1, 0.15) is 37.8 Å². The number of oxime groups is 1. The maximum Gasteiger partial charge on any atom is 0.328 e. The van der Waals surface area contributed by atoms with E-state index in [1.807, 2.05) is 31.2 Å². The Morgan fingerprint density at radius 1 is 1.32 bits per heavy atom. The van der Waals surface area contributed by atoms with E-state index in [0.29, 0.717) is 6.42 Å². The summed E-state index contributed by atoms with van der Waals surface area (Å²) in [4.78, 5) is 30.7. The molecule has 1 aromatic carbocycles. The maximum atomic E-state index is 12.9. The fourth-order valence-electron chi connectivity index (χ4n) is 4.38. The average Bonchev–Trinajstić information content (AvgIpc) is 3.13. The van der Waals surface area contributed by atoms with Crippen molar-refractivity contribution in [2.75, 3.05) is 0 Å². The molecule has 0 aliphatic carbocycles. The molecule has 1 amide bonds. The summed E-state index contributed by atoms with van der Waals surface area (Å²) < 4.78 is 24.3. The fourth-order valence-corrected chi connectivity index (χ4v) is 6.71. The molecule has 2 fully saturated rings. The van der Waals surface area contributed by atoms with Crippen molar-refractivity contribution in [3.8, 4) is 0 Å². The number of hydrogen-bond donors (Lipinski definition) is 1. The lowest BCUT2D eigenvalue weighted by Crippen LogP contribution is -2.64. The first-order valence-electron chi connectivity index (χ1n) is 9.14. The van der Waals surface area contributed by atoms with Crippen molar-refractivity contribution >= 4 is 27.4 Å². The van der Waals surface area contributed by atoms with Gasteiger partial charge in [-0.25, -0.2) is 13.2 Å². The summed E-state index contributed by atoms with van der Waals surface area (Å²) in [7, 11) is -3.82. The predicted molar refractivity (Wildman–Crippen MR) is 100 cm³/mol. The molecule has 0 spiro atoms. The minimum atomic E-state index is -3.82. The number of carbonyl (C=O) groups is 2. The predicted octanol–water partition coefficient (Wildman–Crippen LogP) is 1.32. The van der Waals surface area contributed by atoms with Crippen LogP contribution in [0.5, 0.6) is 0 Å². The van der Waals surface area contributed by atoms with Crippen LogP contribution in [0.3, 0.4) is 0 Å². The lowest BCUT2D eigenvalue weighted by Gasteiger charge is -2.43. The Morgan fingerprint density at radius 3 is 2.57 bits per heavy atom. The van der Waals surface area contributed by atoms with Gasteiger partial charge in [-0.3, -0.25) is 4.79 Å². The number of carbonyl (C=O) groups excluding carboxylic acids is 1. The number of aryl methyl sites for hydroxylation is 1. The van der Waals surface area contributed by atoms with Crippen LogP contribution in [-0.4, -0.2) is 58.3 Å². The number of nitrogens with zero attached hydrogens (tertiary/aromatic N) is 2. The Hall–Kier alpha value is -2.42. The smallest absolute Gasteiger partial charge is 0.328 e. The summed E-state index contributed by atoms with van der Waals surface area (Å²) >= 11 is 0. The maximum absolute atomic E-state index is 12.9. The van der Waals surface area contributed by atoms with Gasteiger partial charge in [-0.2, -0.15) is 0 Å². The van der Waals surface area contributed by atoms with Crippen LogP contribution in [0.4, 0.5) is 0 Å². The van der Waals surface area contributed by atoms with Crippen LogP contribution in [0.15, 0.2) is 29.4 Å². The second kappa shape index (κ2) is 6.04. The van der Waals surface area contributed by atoms with Crippen LogP contribution >= 0.6 is 0 Å². The highest BCUT2D eigenvalue weighted by atomic mass is 32.2. The number of aliphatic carboxylic acids is 1. The van der Waals surface area contributed by atoms with Crippen molar-refractivity contribution in [2.45, 2.75) is 55.9 Å². The number of benzene rings is 1. The molecule has 9 heteroatoms. The number of carboxylic acids is 1. The molecule has 3 aliphatic rings. The van der Waals surface area contributed by atoms with Gasteiger partial charge in [0.2, 0.25) is 5.91 Å². The summed E-state index contributed by atoms with van der Waals surface area (Å²) in [6.45, 7) is 4.73. The highest BCUT2D eigenvalue weighted by molar-refractivity contribution is 7.93. The molecule has 150 valence electrons. The van der Waals surface area contributed by atoms with Crippen LogP contribution < -0.4 is 0 Å². The van der Waals surface area contributed by atoms with Gasteiger partial charge in [-0.15, -0.1) is 0 Å². The second-order valence-electron chi connectivity index (χ2n) is 8.20. The van der Waals surface area contributed by atoms with E-state index >= 15 is 0 Å². The Morgan fingerprint density at radius 2 is 1.96 bits per heavy atom. The molecule has 0 saturated carbocycles. The van der Waals surface area contributed by atoms with Crippen molar-refractivity contribution < 1.29 is 28.0 Å². The van der Waals surface area contributed by atoms with Crippen molar-refractivity contribution in [1.82, 2.24) is 4.90 Å². The van der Waals surface area contributed by atoms with Crippen molar-refractivity contribution in [3.05, 3.63) is 35.4 Å². The highest BCUT2D eigenvalue weighted by Gasteiger charge is 2.72. The number of amides is 1. The van der Waals surface area contributed by atoms with Gasteiger partial charge in [0, 0.05) is 12.8 Å². The zero-order chi connectivity index (χ0) is 20.4. The third-order valence-corrected chi connectivity index (χ3v) is 8.93. The van der Waals surface area contributed by atoms with Crippen molar-refractivity contribution in [3.63, 3.8) is 0 Å². The van der Waals surface area contributed by atoms with Gasteiger partial charge in [0.25, 0.3) is 0 Å². The Bertz CT molecular complexity index is 982. The Balaban J connectivity index is 1.50. The second-order valence-corrected chi connectivity index (χ2v) is 10.8. The molecular formula is C19H22N2O6S. The molecule has 2 saturated heterocycles. The number of carboxylic acid groups (broad SMARTS) is 1. The molecule has 4 rings (SSSR count). The zero-order valence-electron chi connectivity index (χ0n) is 15.8. The number of fused-ring (bicyclic) bond motifs is 1. The van der Waals surface area contributed by atoms with Gasteiger partial charge in [0.05, 0.1) is 16.4 Å². The van der Waals surface area contributed by atoms with Crippen molar-refractivity contribution in [2.24, 2.45) is 11.1 Å². The third-order valence-electron chi connectivity index (χ3n) is 6.05. The number of sulfone groups is 1. The zero-order valence-corrected chi connectivity index (χ0v) is 16.6. The van der Waals surface area contributed by atoms with Crippen LogP contribution in [0.2, 0.25) is 0 Å². The van der Waals surface area contributed by atoms with E-state index in [-0.39, 0.29) is 6.42 Å². The van der Waals surface area contributed by atoms with Crippen LogP contribution in [-0.2, 0) is 24.3 Å². The molecule has 1 aromatic rings. The molecule has 3 heterocycles. The van der Waals surface area contributed by atoms with E-state index in [1.54, 1.807) is 0 Å². The van der Waals surface area contributed by atoms with Gasteiger partial charge < -0.3 is 14.8 Å². The summed E-state index contributed by atoms with van der Waals surface area (Å²) in [5.41, 5.74) is 2.81. The molecule has 3 aliphatic heterocycles. The van der Waals surface area contributed by atoms with Gasteiger partial charge in [-0.1, -0.05) is 35.0 Å². The lowest BCUT2D eigenvalue weighted by atomic mass is 9.86.